The fraction of sp³-hybridized carbons (Fsp3) is 0.526. The molecule has 1 aliphatic heterocycles. The molecule has 0 saturated carbocycles. The second kappa shape index (κ2) is 6.98. The van der Waals surface area contributed by atoms with E-state index >= 15 is 0 Å². The minimum Gasteiger partial charge on any atom is -0.388 e. The lowest BCUT2D eigenvalue weighted by atomic mass is 9.71. The largest absolute Gasteiger partial charge is 0.388 e. The zero-order chi connectivity index (χ0) is 16.2. The molecule has 1 heterocycles. The molecule has 3 nitrogen and oxygen atoms in total. The van der Waals surface area contributed by atoms with E-state index in [1.807, 2.05) is 25.2 Å². The highest BCUT2D eigenvalue weighted by Gasteiger charge is 2.35. The molecular weight excluding hydrogens is 270 g/mol. The Hall–Kier alpha value is -1.79. The summed E-state index contributed by atoms with van der Waals surface area (Å²) in [6.45, 7) is 12.0. The topological polar surface area (TPSA) is 39.1 Å². The average Bonchev–Trinajstić information content (AvgIpc) is 2.54. The molecule has 1 aromatic rings. The maximum atomic E-state index is 9.22. The number of rotatable bonds is 5. The van der Waals surface area contributed by atoms with E-state index < -0.39 is 0 Å². The summed E-state index contributed by atoms with van der Waals surface area (Å²) in [5, 5.41) is 12.5. The SMILES string of the molecule is C=CC1(c2cc(C#N)ccc2NC)CCN(CC(C)C)CC1. The molecule has 0 spiro atoms. The minimum atomic E-state index is -0.0291. The molecule has 22 heavy (non-hydrogen) atoms. The molecule has 3 heteroatoms. The lowest BCUT2D eigenvalue weighted by Crippen LogP contribution is -2.43. The van der Waals surface area contributed by atoms with Crippen molar-refractivity contribution in [3.63, 3.8) is 0 Å². The number of nitrogens with zero attached hydrogens (tertiary/aromatic N) is 2. The summed E-state index contributed by atoms with van der Waals surface area (Å²) < 4.78 is 0. The van der Waals surface area contributed by atoms with Gasteiger partial charge in [0.05, 0.1) is 11.6 Å². The third-order valence-electron chi connectivity index (χ3n) is 4.72. The zero-order valence-electron chi connectivity index (χ0n) is 14.0. The summed E-state index contributed by atoms with van der Waals surface area (Å²) >= 11 is 0. The number of hydrogen-bond acceptors (Lipinski definition) is 3. The van der Waals surface area contributed by atoms with Crippen LogP contribution in [0.25, 0.3) is 0 Å². The van der Waals surface area contributed by atoms with Crippen molar-refractivity contribution >= 4 is 5.69 Å². The van der Waals surface area contributed by atoms with Crippen molar-refractivity contribution in [1.29, 1.82) is 5.26 Å². The van der Waals surface area contributed by atoms with Gasteiger partial charge >= 0.3 is 0 Å². The fourth-order valence-electron chi connectivity index (χ4n) is 3.48. The molecule has 1 aromatic carbocycles. The smallest absolute Gasteiger partial charge is 0.0991 e. The summed E-state index contributed by atoms with van der Waals surface area (Å²) in [6.07, 6.45) is 4.22. The van der Waals surface area contributed by atoms with Crippen molar-refractivity contribution in [1.82, 2.24) is 4.90 Å². The molecular formula is C19H27N3. The average molecular weight is 297 g/mol. The highest BCUT2D eigenvalue weighted by atomic mass is 15.1. The van der Waals surface area contributed by atoms with Crippen molar-refractivity contribution in [3.8, 4) is 6.07 Å². The summed E-state index contributed by atoms with van der Waals surface area (Å²) in [5.74, 6) is 0.700. The van der Waals surface area contributed by atoms with Crippen LogP contribution in [0.1, 0.15) is 37.8 Å². The lowest BCUT2D eigenvalue weighted by Gasteiger charge is -2.41. The van der Waals surface area contributed by atoms with Gasteiger partial charge in [0.15, 0.2) is 0 Å². The van der Waals surface area contributed by atoms with Crippen LogP contribution >= 0.6 is 0 Å². The van der Waals surface area contributed by atoms with Crippen LogP contribution in [-0.4, -0.2) is 31.6 Å². The molecule has 0 amide bonds. The highest BCUT2D eigenvalue weighted by Crippen LogP contribution is 2.40. The molecule has 1 saturated heterocycles. The lowest BCUT2D eigenvalue weighted by molar-refractivity contribution is 0.167. The third-order valence-corrected chi connectivity index (χ3v) is 4.72. The Morgan fingerprint density at radius 1 is 1.41 bits per heavy atom. The van der Waals surface area contributed by atoms with Gasteiger partial charge < -0.3 is 10.2 Å². The molecule has 2 rings (SSSR count). The van der Waals surface area contributed by atoms with Gasteiger partial charge in [0.25, 0.3) is 0 Å². The fourth-order valence-corrected chi connectivity index (χ4v) is 3.48. The minimum absolute atomic E-state index is 0.0291. The number of hydrogen-bond donors (Lipinski definition) is 1. The van der Waals surface area contributed by atoms with E-state index in [9.17, 15) is 5.26 Å². The maximum absolute atomic E-state index is 9.22. The molecule has 0 aliphatic carbocycles. The van der Waals surface area contributed by atoms with E-state index in [0.717, 1.165) is 43.7 Å². The molecule has 1 aliphatic rings. The molecule has 0 aromatic heterocycles. The van der Waals surface area contributed by atoms with E-state index in [-0.39, 0.29) is 5.41 Å². The van der Waals surface area contributed by atoms with Gasteiger partial charge in [-0.1, -0.05) is 19.9 Å². The first-order valence-electron chi connectivity index (χ1n) is 8.13. The Morgan fingerprint density at radius 3 is 2.59 bits per heavy atom. The van der Waals surface area contributed by atoms with Gasteiger partial charge in [0.2, 0.25) is 0 Å². The highest BCUT2D eigenvalue weighted by molar-refractivity contribution is 5.59. The zero-order valence-corrected chi connectivity index (χ0v) is 14.0. The van der Waals surface area contributed by atoms with Gasteiger partial charge in [-0.15, -0.1) is 6.58 Å². The van der Waals surface area contributed by atoms with Gasteiger partial charge in [-0.25, -0.2) is 0 Å². The van der Waals surface area contributed by atoms with E-state index in [0.29, 0.717) is 5.92 Å². The monoisotopic (exact) mass is 297 g/mol. The molecule has 0 bridgehead atoms. The molecule has 0 radical (unpaired) electrons. The number of likely N-dealkylation sites (tertiary alicyclic amines) is 1. The summed E-state index contributed by atoms with van der Waals surface area (Å²) in [4.78, 5) is 2.54. The van der Waals surface area contributed by atoms with E-state index in [1.54, 1.807) is 0 Å². The predicted molar refractivity (Wildman–Crippen MR) is 93.1 cm³/mol. The normalized spacial score (nSPS) is 18.0. The number of anilines is 1. The standard InChI is InChI=1S/C19H27N3/c1-5-19(8-10-22(11-9-19)14-15(2)3)17-12-16(13-20)6-7-18(17)21-4/h5-7,12,15,21H,1,8-11,14H2,2-4H3. The second-order valence-corrected chi connectivity index (χ2v) is 6.68. The Kier molecular flexibility index (Phi) is 5.26. The van der Waals surface area contributed by atoms with Crippen LogP contribution in [0.15, 0.2) is 30.9 Å². The summed E-state index contributed by atoms with van der Waals surface area (Å²) in [7, 11) is 1.94. The Bertz CT molecular complexity index is 561. The number of nitriles is 1. The Labute approximate surface area is 134 Å². The molecule has 118 valence electrons. The number of allylic oxidation sites excluding steroid dienone is 1. The number of benzene rings is 1. The third kappa shape index (κ3) is 3.34. The van der Waals surface area contributed by atoms with Crippen LogP contribution in [0.5, 0.6) is 0 Å². The van der Waals surface area contributed by atoms with Gasteiger partial charge in [-0.2, -0.15) is 5.26 Å². The van der Waals surface area contributed by atoms with E-state index in [1.165, 1.54) is 5.56 Å². The van der Waals surface area contributed by atoms with Crippen molar-refractivity contribution in [2.45, 2.75) is 32.1 Å². The van der Waals surface area contributed by atoms with Crippen molar-refractivity contribution in [3.05, 3.63) is 42.0 Å². The van der Waals surface area contributed by atoms with Crippen LogP contribution in [0, 0.1) is 17.2 Å². The van der Waals surface area contributed by atoms with Gasteiger partial charge in [-0.3, -0.25) is 0 Å². The first kappa shape index (κ1) is 16.6. The van der Waals surface area contributed by atoms with Crippen molar-refractivity contribution in [2.24, 2.45) is 5.92 Å². The Balaban J connectivity index is 2.29. The van der Waals surface area contributed by atoms with Crippen LogP contribution < -0.4 is 5.32 Å². The first-order chi connectivity index (χ1) is 10.5. The molecule has 1 fully saturated rings. The quantitative estimate of drug-likeness (QED) is 0.841. The Morgan fingerprint density at radius 2 is 2.09 bits per heavy atom. The molecule has 0 atom stereocenters. The first-order valence-corrected chi connectivity index (χ1v) is 8.13. The van der Waals surface area contributed by atoms with Crippen LogP contribution in [0.3, 0.4) is 0 Å². The number of nitrogens with one attached hydrogen (secondary N) is 1. The summed E-state index contributed by atoms with van der Waals surface area (Å²) in [5.41, 5.74) is 3.02. The van der Waals surface area contributed by atoms with Crippen LogP contribution in [-0.2, 0) is 5.41 Å². The van der Waals surface area contributed by atoms with Crippen molar-refractivity contribution < 1.29 is 0 Å². The van der Waals surface area contributed by atoms with Crippen LogP contribution in [0.4, 0.5) is 5.69 Å². The van der Waals surface area contributed by atoms with Crippen LogP contribution in [0.2, 0.25) is 0 Å². The van der Waals surface area contributed by atoms with Crippen molar-refractivity contribution in [2.75, 3.05) is 32.0 Å². The second-order valence-electron chi connectivity index (χ2n) is 6.68. The maximum Gasteiger partial charge on any atom is 0.0991 e. The van der Waals surface area contributed by atoms with Gasteiger partial charge in [0.1, 0.15) is 0 Å². The van der Waals surface area contributed by atoms with E-state index in [4.69, 9.17) is 0 Å². The number of piperidine rings is 1. The summed E-state index contributed by atoms with van der Waals surface area (Å²) in [6, 6.07) is 8.18. The molecule has 1 N–H and O–H groups in total. The van der Waals surface area contributed by atoms with E-state index in [2.05, 4.69) is 42.8 Å². The predicted octanol–water partition coefficient (Wildman–Crippen LogP) is 3.78. The molecule has 0 unspecified atom stereocenters. The van der Waals surface area contributed by atoms with Gasteiger partial charge in [0, 0.05) is 24.7 Å². The van der Waals surface area contributed by atoms with Gasteiger partial charge in [-0.05, 0) is 55.6 Å².